The maximum atomic E-state index is 12.3. The monoisotopic (exact) mass is 329 g/mol. The van der Waals surface area contributed by atoms with Crippen LogP contribution in [-0.4, -0.2) is 22.4 Å². The second-order valence-electron chi connectivity index (χ2n) is 6.01. The van der Waals surface area contributed by atoms with Gasteiger partial charge in [-0.3, -0.25) is 0 Å². The Bertz CT molecular complexity index is 705. The predicted octanol–water partition coefficient (Wildman–Crippen LogP) is 2.26. The number of benzene rings is 1. The van der Waals surface area contributed by atoms with Gasteiger partial charge in [0.15, 0.2) is 0 Å². The van der Waals surface area contributed by atoms with Crippen molar-refractivity contribution in [3.8, 4) is 0 Å². The minimum Gasteiger partial charge on any atom is -0.390 e. The van der Waals surface area contributed by atoms with Crippen LogP contribution in [-0.2, 0) is 25.8 Å². The van der Waals surface area contributed by atoms with E-state index in [9.17, 15) is 9.90 Å². The van der Waals surface area contributed by atoms with Crippen LogP contribution in [0.1, 0.15) is 48.0 Å². The molecule has 1 aromatic heterocycles. The molecule has 1 heterocycles. The summed E-state index contributed by atoms with van der Waals surface area (Å²) in [4.78, 5) is 12.3. The van der Waals surface area contributed by atoms with Gasteiger partial charge in [0.2, 0.25) is 0 Å². The first-order valence-corrected chi connectivity index (χ1v) is 8.40. The Kier molecular flexibility index (Phi) is 4.85. The number of hydrogen-bond donors (Lipinski definition) is 3. The van der Waals surface area contributed by atoms with Gasteiger partial charge >= 0.3 is 6.03 Å². The number of hydrogen-bond acceptors (Lipinski definition) is 4. The molecular weight excluding hydrogens is 306 g/mol. The molecule has 0 radical (unpaired) electrons. The molecule has 0 saturated heterocycles. The van der Waals surface area contributed by atoms with Crippen LogP contribution in [0.4, 0.5) is 4.79 Å². The molecule has 0 aliphatic heterocycles. The number of aryl methyl sites for hydroxylation is 2. The van der Waals surface area contributed by atoms with Crippen molar-refractivity contribution < 1.29 is 14.4 Å². The Morgan fingerprint density at radius 1 is 1.33 bits per heavy atom. The summed E-state index contributed by atoms with van der Waals surface area (Å²) >= 11 is 0. The highest BCUT2D eigenvalue weighted by molar-refractivity contribution is 5.75. The zero-order valence-corrected chi connectivity index (χ0v) is 14.0. The Hall–Kier alpha value is -2.34. The molecule has 0 fully saturated rings. The minimum absolute atomic E-state index is 0.305. The molecular formula is C18H23N3O3. The third kappa shape index (κ3) is 3.14. The molecule has 1 aliphatic carbocycles. The lowest BCUT2D eigenvalue weighted by atomic mass is 10.1. The van der Waals surface area contributed by atoms with Crippen molar-refractivity contribution in [1.82, 2.24) is 15.8 Å². The fraction of sp³-hybridized carbons (Fsp3) is 0.444. The van der Waals surface area contributed by atoms with E-state index in [0.717, 1.165) is 41.0 Å². The quantitative estimate of drug-likeness (QED) is 0.785. The van der Waals surface area contributed by atoms with Gasteiger partial charge in [-0.05, 0) is 17.5 Å². The van der Waals surface area contributed by atoms with E-state index in [2.05, 4.69) is 15.8 Å². The second kappa shape index (κ2) is 7.05. The van der Waals surface area contributed by atoms with E-state index in [-0.39, 0.29) is 12.1 Å². The average molecular weight is 329 g/mol. The number of amides is 2. The molecule has 1 aromatic carbocycles. The van der Waals surface area contributed by atoms with E-state index in [4.69, 9.17) is 4.52 Å². The molecule has 1 aliphatic rings. The highest BCUT2D eigenvalue weighted by atomic mass is 16.5. The van der Waals surface area contributed by atoms with Crippen LogP contribution in [0.3, 0.4) is 0 Å². The van der Waals surface area contributed by atoms with E-state index in [1.807, 2.05) is 38.1 Å². The Balaban J connectivity index is 1.64. The molecule has 6 heteroatoms. The SMILES string of the molecule is CCc1noc(CC)c1CNC(=O)N[C@@H]1c2ccccc2C[C@@H]1O. The van der Waals surface area contributed by atoms with Crippen LogP contribution in [0.15, 0.2) is 28.8 Å². The van der Waals surface area contributed by atoms with E-state index in [0.29, 0.717) is 13.0 Å². The predicted molar refractivity (Wildman–Crippen MR) is 89.5 cm³/mol. The smallest absolute Gasteiger partial charge is 0.315 e. The minimum atomic E-state index is -0.596. The van der Waals surface area contributed by atoms with Gasteiger partial charge in [-0.1, -0.05) is 43.3 Å². The van der Waals surface area contributed by atoms with Crippen molar-refractivity contribution in [2.75, 3.05) is 0 Å². The van der Waals surface area contributed by atoms with E-state index >= 15 is 0 Å². The van der Waals surface area contributed by atoms with Crippen molar-refractivity contribution in [1.29, 1.82) is 0 Å². The van der Waals surface area contributed by atoms with Gasteiger partial charge in [0.1, 0.15) is 5.76 Å². The van der Waals surface area contributed by atoms with Gasteiger partial charge in [0.25, 0.3) is 0 Å². The fourth-order valence-electron chi connectivity index (χ4n) is 3.25. The first-order valence-electron chi connectivity index (χ1n) is 8.40. The van der Waals surface area contributed by atoms with Gasteiger partial charge in [-0.2, -0.15) is 0 Å². The Morgan fingerprint density at radius 2 is 2.12 bits per heavy atom. The lowest BCUT2D eigenvalue weighted by molar-refractivity contribution is 0.142. The van der Waals surface area contributed by atoms with Gasteiger partial charge < -0.3 is 20.3 Å². The molecule has 2 atom stereocenters. The number of fused-ring (bicyclic) bond motifs is 1. The third-order valence-corrected chi connectivity index (χ3v) is 4.52. The number of nitrogens with zero attached hydrogens (tertiary/aromatic N) is 1. The van der Waals surface area contributed by atoms with Gasteiger partial charge in [-0.15, -0.1) is 0 Å². The zero-order chi connectivity index (χ0) is 17.1. The summed E-state index contributed by atoms with van der Waals surface area (Å²) in [6.07, 6.45) is 1.46. The number of aliphatic hydroxyl groups is 1. The largest absolute Gasteiger partial charge is 0.390 e. The van der Waals surface area contributed by atoms with E-state index in [1.165, 1.54) is 0 Å². The highest BCUT2D eigenvalue weighted by Crippen LogP contribution is 2.31. The van der Waals surface area contributed by atoms with Crippen LogP contribution in [0.5, 0.6) is 0 Å². The van der Waals surface area contributed by atoms with Crippen LogP contribution < -0.4 is 10.6 Å². The second-order valence-corrected chi connectivity index (χ2v) is 6.01. The van der Waals surface area contributed by atoms with Crippen LogP contribution in [0.25, 0.3) is 0 Å². The van der Waals surface area contributed by atoms with E-state index in [1.54, 1.807) is 0 Å². The molecule has 3 N–H and O–H groups in total. The standard InChI is InChI=1S/C18H23N3O3/c1-3-14-13(16(4-2)24-21-14)10-19-18(23)20-17-12-8-6-5-7-11(12)9-15(17)22/h5-8,15,17,22H,3-4,9-10H2,1-2H3,(H2,19,20,23)/t15-,17+/m0/s1. The molecule has 2 amide bonds. The molecule has 2 aromatic rings. The van der Waals surface area contributed by atoms with Crippen molar-refractivity contribution in [2.24, 2.45) is 0 Å². The highest BCUT2D eigenvalue weighted by Gasteiger charge is 2.31. The first kappa shape index (κ1) is 16.5. The number of nitrogens with one attached hydrogen (secondary N) is 2. The summed E-state index contributed by atoms with van der Waals surface area (Å²) in [7, 11) is 0. The molecule has 0 saturated carbocycles. The summed E-state index contributed by atoms with van der Waals surface area (Å²) in [6, 6.07) is 7.11. The van der Waals surface area contributed by atoms with Crippen molar-refractivity contribution in [3.63, 3.8) is 0 Å². The number of aliphatic hydroxyl groups excluding tert-OH is 1. The van der Waals surface area contributed by atoms with Crippen molar-refractivity contribution in [2.45, 2.75) is 51.8 Å². The average Bonchev–Trinajstić information content (AvgIpc) is 3.13. The molecule has 0 spiro atoms. The Morgan fingerprint density at radius 3 is 2.88 bits per heavy atom. The maximum absolute atomic E-state index is 12.3. The lowest BCUT2D eigenvalue weighted by Gasteiger charge is -2.18. The normalized spacial score (nSPS) is 19.1. The molecule has 0 bridgehead atoms. The molecule has 128 valence electrons. The molecule has 3 rings (SSSR count). The first-order chi connectivity index (χ1) is 11.6. The number of rotatable bonds is 5. The molecule has 24 heavy (non-hydrogen) atoms. The lowest BCUT2D eigenvalue weighted by Crippen LogP contribution is -2.40. The van der Waals surface area contributed by atoms with Crippen molar-refractivity contribution in [3.05, 3.63) is 52.4 Å². The van der Waals surface area contributed by atoms with E-state index < -0.39 is 6.10 Å². The summed E-state index contributed by atoms with van der Waals surface area (Å²) in [6.45, 7) is 4.37. The summed E-state index contributed by atoms with van der Waals surface area (Å²) in [5.74, 6) is 0.804. The third-order valence-electron chi connectivity index (χ3n) is 4.52. The van der Waals surface area contributed by atoms with Crippen LogP contribution in [0.2, 0.25) is 0 Å². The van der Waals surface area contributed by atoms with Crippen LogP contribution in [0, 0.1) is 0 Å². The molecule has 6 nitrogen and oxygen atoms in total. The Labute approximate surface area is 141 Å². The number of carbonyl (C=O) groups excluding carboxylic acids is 1. The van der Waals surface area contributed by atoms with Gasteiger partial charge in [0.05, 0.1) is 17.8 Å². The number of carbonyl (C=O) groups is 1. The number of aromatic nitrogens is 1. The topological polar surface area (TPSA) is 87.4 Å². The molecule has 0 unspecified atom stereocenters. The number of urea groups is 1. The van der Waals surface area contributed by atoms with Gasteiger partial charge in [0, 0.05) is 24.9 Å². The fourth-order valence-corrected chi connectivity index (χ4v) is 3.25. The van der Waals surface area contributed by atoms with Crippen molar-refractivity contribution >= 4 is 6.03 Å². The summed E-state index contributed by atoms with van der Waals surface area (Å²) < 4.78 is 5.30. The maximum Gasteiger partial charge on any atom is 0.315 e. The summed E-state index contributed by atoms with van der Waals surface area (Å²) in [5.41, 5.74) is 3.88. The van der Waals surface area contributed by atoms with Gasteiger partial charge in [-0.25, -0.2) is 4.79 Å². The zero-order valence-electron chi connectivity index (χ0n) is 14.0. The van der Waals surface area contributed by atoms with Crippen LogP contribution >= 0.6 is 0 Å². The summed E-state index contributed by atoms with van der Waals surface area (Å²) in [5, 5.41) is 20.0.